The number of hydrogen-bond donors (Lipinski definition) is 5. The fourth-order valence-corrected chi connectivity index (χ4v) is 3.79. The van der Waals surface area contributed by atoms with Gasteiger partial charge in [0.2, 0.25) is 0 Å². The third-order valence-corrected chi connectivity index (χ3v) is 5.79. The van der Waals surface area contributed by atoms with Gasteiger partial charge in [0, 0.05) is 12.4 Å². The third-order valence-electron chi connectivity index (χ3n) is 5.79. The van der Waals surface area contributed by atoms with Crippen molar-refractivity contribution in [1.82, 2.24) is 0 Å². The van der Waals surface area contributed by atoms with Crippen molar-refractivity contribution in [3.63, 3.8) is 0 Å². The Balaban J connectivity index is 1.78. The van der Waals surface area contributed by atoms with Gasteiger partial charge in [-0.3, -0.25) is 4.79 Å². The van der Waals surface area contributed by atoms with E-state index in [2.05, 4.69) is 0 Å². The van der Waals surface area contributed by atoms with Gasteiger partial charge in [0.25, 0.3) is 0 Å². The molecule has 1 radical (unpaired) electrons. The van der Waals surface area contributed by atoms with Crippen LogP contribution in [-0.2, 0) is 20.7 Å². The van der Waals surface area contributed by atoms with Crippen LogP contribution in [0.4, 0.5) is 0 Å². The zero-order valence-electron chi connectivity index (χ0n) is 18.8. The molecule has 9 heteroatoms. The second-order valence-corrected chi connectivity index (χ2v) is 8.50. The van der Waals surface area contributed by atoms with Crippen LogP contribution in [0.2, 0.25) is 0 Å². The standard InChI is InChI=1S/C23H37BNO7/c1-2-3-9-19(26)24-18(25)12-11-16-21(28)23(30)22(29)17(32-16)14-31-20(27)13-10-15-7-5-4-6-8-15/h4-8,16-19,21-23,26,28-30H,2-3,9-14,25H2,1H3/t16-,17-,18+,19-,21+,22+,23-/m1/s1. The van der Waals surface area contributed by atoms with E-state index in [1.807, 2.05) is 37.3 Å². The quantitative estimate of drug-likeness (QED) is 0.213. The summed E-state index contributed by atoms with van der Waals surface area (Å²) in [6.07, 6.45) is -1.78. The van der Waals surface area contributed by atoms with Crippen molar-refractivity contribution in [3.8, 4) is 0 Å². The molecule has 0 spiro atoms. The molecule has 179 valence electrons. The van der Waals surface area contributed by atoms with Crippen molar-refractivity contribution < 1.29 is 34.7 Å². The molecule has 1 heterocycles. The molecule has 1 fully saturated rings. The minimum Gasteiger partial charge on any atom is -0.463 e. The summed E-state index contributed by atoms with van der Waals surface area (Å²) < 4.78 is 11.0. The van der Waals surface area contributed by atoms with Crippen molar-refractivity contribution in [2.75, 3.05) is 6.61 Å². The lowest BCUT2D eigenvalue weighted by Crippen LogP contribution is -2.59. The molecule has 0 aliphatic carbocycles. The number of aryl methyl sites for hydroxylation is 1. The highest BCUT2D eigenvalue weighted by molar-refractivity contribution is 6.39. The number of aliphatic hydroxyl groups excluding tert-OH is 4. The van der Waals surface area contributed by atoms with E-state index >= 15 is 0 Å². The molecule has 0 aromatic heterocycles. The minimum atomic E-state index is -1.42. The molecular weight excluding hydrogens is 413 g/mol. The highest BCUT2D eigenvalue weighted by atomic mass is 16.6. The van der Waals surface area contributed by atoms with Crippen LogP contribution in [0, 0.1) is 0 Å². The summed E-state index contributed by atoms with van der Waals surface area (Å²) in [7, 11) is 1.67. The molecule has 0 amide bonds. The molecule has 0 unspecified atom stereocenters. The van der Waals surface area contributed by atoms with Gasteiger partial charge < -0.3 is 35.6 Å². The third kappa shape index (κ3) is 8.81. The Morgan fingerprint density at radius 1 is 1.12 bits per heavy atom. The number of carbonyl (C=O) groups is 1. The minimum absolute atomic E-state index is 0.187. The highest BCUT2D eigenvalue weighted by Crippen LogP contribution is 2.25. The summed E-state index contributed by atoms with van der Waals surface area (Å²) in [6, 6.07) is 8.96. The normalized spacial score (nSPS) is 27.5. The first-order chi connectivity index (χ1) is 15.3. The first-order valence-corrected chi connectivity index (χ1v) is 11.5. The first-order valence-electron chi connectivity index (χ1n) is 11.5. The maximum atomic E-state index is 12.1. The lowest BCUT2D eigenvalue weighted by atomic mass is 9.61. The van der Waals surface area contributed by atoms with Gasteiger partial charge in [-0.05, 0) is 37.2 Å². The first kappa shape index (κ1) is 26.8. The molecule has 6 N–H and O–H groups in total. The van der Waals surface area contributed by atoms with Crippen LogP contribution in [-0.4, -0.2) is 82.7 Å². The van der Waals surface area contributed by atoms with E-state index in [0.717, 1.165) is 18.4 Å². The van der Waals surface area contributed by atoms with Gasteiger partial charge in [0.05, 0.1) is 6.10 Å². The molecule has 0 bridgehead atoms. The van der Waals surface area contributed by atoms with Crippen LogP contribution < -0.4 is 5.73 Å². The fraction of sp³-hybridized carbons (Fsp3) is 0.696. The monoisotopic (exact) mass is 450 g/mol. The molecule has 7 atom stereocenters. The Hall–Kier alpha value is -1.49. The van der Waals surface area contributed by atoms with E-state index in [1.165, 1.54) is 0 Å². The van der Waals surface area contributed by atoms with Gasteiger partial charge in [-0.15, -0.1) is 0 Å². The topological polar surface area (TPSA) is 142 Å². The summed E-state index contributed by atoms with van der Waals surface area (Å²) in [5.41, 5.74) is 7.07. The van der Waals surface area contributed by atoms with E-state index in [4.69, 9.17) is 15.2 Å². The lowest BCUT2D eigenvalue weighted by molar-refractivity contribution is -0.233. The van der Waals surface area contributed by atoms with E-state index in [-0.39, 0.29) is 13.0 Å². The van der Waals surface area contributed by atoms with Crippen LogP contribution in [0.5, 0.6) is 0 Å². The van der Waals surface area contributed by atoms with Crippen LogP contribution >= 0.6 is 0 Å². The molecule has 32 heavy (non-hydrogen) atoms. The number of rotatable bonds is 13. The zero-order valence-corrected chi connectivity index (χ0v) is 18.8. The molecule has 1 saturated heterocycles. The highest BCUT2D eigenvalue weighted by Gasteiger charge is 2.43. The van der Waals surface area contributed by atoms with Crippen LogP contribution in [0.15, 0.2) is 30.3 Å². The van der Waals surface area contributed by atoms with Gasteiger partial charge in [0.15, 0.2) is 7.28 Å². The SMILES string of the molecule is CCCC[C@@H](O)[B][C@@H](N)CC[C@H]1O[C@H](COC(=O)CCc2ccccc2)[C@H](O)[C@H](O)[C@H]1O. The van der Waals surface area contributed by atoms with Gasteiger partial charge >= 0.3 is 5.97 Å². The van der Waals surface area contributed by atoms with Crippen molar-refractivity contribution in [2.45, 2.75) is 94.3 Å². The van der Waals surface area contributed by atoms with Gasteiger partial charge in [-0.1, -0.05) is 50.1 Å². The smallest absolute Gasteiger partial charge is 0.306 e. The van der Waals surface area contributed by atoms with Gasteiger partial charge in [-0.2, -0.15) is 0 Å². The van der Waals surface area contributed by atoms with Gasteiger partial charge in [-0.25, -0.2) is 0 Å². The number of unbranched alkanes of at least 4 members (excludes halogenated alkanes) is 1. The molecular formula is C23H37BNO7. The average molecular weight is 450 g/mol. The molecule has 1 aliphatic heterocycles. The molecule has 2 rings (SSSR count). The summed E-state index contributed by atoms with van der Waals surface area (Å²) in [5.74, 6) is -0.824. The summed E-state index contributed by atoms with van der Waals surface area (Å²) in [4.78, 5) is 12.1. The maximum Gasteiger partial charge on any atom is 0.306 e. The van der Waals surface area contributed by atoms with Crippen LogP contribution in [0.3, 0.4) is 0 Å². The Kier molecular flexibility index (Phi) is 11.6. The number of hydrogen-bond acceptors (Lipinski definition) is 8. The second-order valence-electron chi connectivity index (χ2n) is 8.50. The molecule has 0 saturated carbocycles. The number of esters is 1. The van der Waals surface area contributed by atoms with Gasteiger partial charge in [0.1, 0.15) is 31.0 Å². The van der Waals surface area contributed by atoms with Crippen LogP contribution in [0.1, 0.15) is 51.0 Å². The van der Waals surface area contributed by atoms with Crippen LogP contribution in [0.25, 0.3) is 0 Å². The van der Waals surface area contributed by atoms with Crippen molar-refractivity contribution in [2.24, 2.45) is 5.73 Å². The van der Waals surface area contributed by atoms with E-state index in [9.17, 15) is 25.2 Å². The molecule has 1 aromatic carbocycles. The molecule has 1 aliphatic rings. The average Bonchev–Trinajstić information content (AvgIpc) is 2.79. The fourth-order valence-electron chi connectivity index (χ4n) is 3.79. The Morgan fingerprint density at radius 3 is 2.50 bits per heavy atom. The summed E-state index contributed by atoms with van der Waals surface area (Å²) in [6.45, 7) is 1.83. The largest absolute Gasteiger partial charge is 0.463 e. The zero-order chi connectivity index (χ0) is 23.5. The lowest BCUT2D eigenvalue weighted by Gasteiger charge is -2.40. The van der Waals surface area contributed by atoms with E-state index < -0.39 is 48.4 Å². The predicted octanol–water partition coefficient (Wildman–Crippen LogP) is 0.290. The van der Waals surface area contributed by atoms with Crippen molar-refractivity contribution in [3.05, 3.63) is 35.9 Å². The van der Waals surface area contributed by atoms with E-state index in [0.29, 0.717) is 25.7 Å². The summed E-state index contributed by atoms with van der Waals surface area (Å²) in [5, 5.41) is 40.7. The number of aliphatic hydroxyl groups is 4. The predicted molar refractivity (Wildman–Crippen MR) is 121 cm³/mol. The van der Waals surface area contributed by atoms with Crippen molar-refractivity contribution >= 4 is 13.2 Å². The number of nitrogens with two attached hydrogens (primary N) is 1. The van der Waals surface area contributed by atoms with Crippen molar-refractivity contribution in [1.29, 1.82) is 0 Å². The Bertz CT molecular complexity index is 665. The molecule has 1 aromatic rings. The maximum absolute atomic E-state index is 12.1. The molecule has 8 nitrogen and oxygen atoms in total. The number of carbonyl (C=O) groups excluding carboxylic acids is 1. The van der Waals surface area contributed by atoms with E-state index in [1.54, 1.807) is 7.28 Å². The second kappa shape index (κ2) is 13.9. The number of ether oxygens (including phenoxy) is 2. The number of benzene rings is 1. The Labute approximate surface area is 191 Å². The Morgan fingerprint density at radius 2 is 1.81 bits per heavy atom. The summed E-state index contributed by atoms with van der Waals surface area (Å²) >= 11 is 0.